The maximum atomic E-state index is 11.0. The molecule has 0 amide bonds. The molecule has 0 radical (unpaired) electrons. The highest BCUT2D eigenvalue weighted by molar-refractivity contribution is 5.69. The second-order valence-corrected chi connectivity index (χ2v) is 4.87. The van der Waals surface area contributed by atoms with E-state index in [4.69, 9.17) is 5.11 Å². The minimum absolute atomic E-state index is 0.189. The van der Waals surface area contributed by atoms with E-state index in [-0.39, 0.29) is 12.0 Å². The Bertz CT molecular complexity index is 412. The lowest BCUT2D eigenvalue weighted by Crippen LogP contribution is -2.37. The lowest BCUT2D eigenvalue weighted by atomic mass is 9.93. The van der Waals surface area contributed by atoms with Gasteiger partial charge in [-0.2, -0.15) is 0 Å². The lowest BCUT2D eigenvalue weighted by Gasteiger charge is -2.30. The van der Waals surface area contributed by atoms with Crippen molar-refractivity contribution in [3.05, 3.63) is 24.0 Å². The van der Waals surface area contributed by atoms with Gasteiger partial charge in [0.15, 0.2) is 0 Å². The van der Waals surface area contributed by atoms with Crippen molar-refractivity contribution in [3.63, 3.8) is 0 Å². The molecular formula is C13H18N2O2. The van der Waals surface area contributed by atoms with E-state index in [0.29, 0.717) is 0 Å². The van der Waals surface area contributed by atoms with E-state index in [1.807, 2.05) is 19.1 Å². The van der Waals surface area contributed by atoms with Crippen molar-refractivity contribution in [2.24, 2.45) is 0 Å². The summed E-state index contributed by atoms with van der Waals surface area (Å²) in [5.41, 5.74) is 1.65. The van der Waals surface area contributed by atoms with Crippen LogP contribution in [0.4, 0.5) is 5.69 Å². The fourth-order valence-corrected chi connectivity index (χ4v) is 2.62. The minimum Gasteiger partial charge on any atom is -0.481 e. The van der Waals surface area contributed by atoms with Crippen LogP contribution in [-0.4, -0.2) is 21.6 Å². The normalized spacial score (nSPS) is 17.9. The van der Waals surface area contributed by atoms with E-state index in [9.17, 15) is 4.79 Å². The molecule has 0 unspecified atom stereocenters. The molecule has 17 heavy (non-hydrogen) atoms. The highest BCUT2D eigenvalue weighted by atomic mass is 16.4. The molecule has 0 bridgehead atoms. The van der Waals surface area contributed by atoms with Crippen molar-refractivity contribution in [1.29, 1.82) is 0 Å². The van der Waals surface area contributed by atoms with Gasteiger partial charge in [0.1, 0.15) is 0 Å². The number of carboxylic acids is 1. The molecule has 0 aliphatic heterocycles. The van der Waals surface area contributed by atoms with Gasteiger partial charge in [-0.3, -0.25) is 9.78 Å². The van der Waals surface area contributed by atoms with Crippen molar-refractivity contribution in [2.75, 3.05) is 5.32 Å². The number of aromatic nitrogens is 1. The average molecular weight is 234 g/mol. The van der Waals surface area contributed by atoms with Crippen molar-refractivity contribution < 1.29 is 9.90 Å². The first-order chi connectivity index (χ1) is 8.10. The van der Waals surface area contributed by atoms with Crippen LogP contribution in [0.2, 0.25) is 0 Å². The number of aryl methyl sites for hydroxylation is 1. The summed E-state index contributed by atoms with van der Waals surface area (Å²) in [6.07, 6.45) is 6.01. The number of hydrogen-bond donors (Lipinski definition) is 2. The van der Waals surface area contributed by atoms with Crippen molar-refractivity contribution >= 4 is 11.7 Å². The number of pyridine rings is 1. The van der Waals surface area contributed by atoms with E-state index in [1.165, 1.54) is 0 Å². The van der Waals surface area contributed by atoms with Gasteiger partial charge in [0.25, 0.3) is 0 Å². The molecule has 1 heterocycles. The first-order valence-electron chi connectivity index (χ1n) is 6.02. The molecule has 1 aromatic heterocycles. The predicted octanol–water partition coefficient (Wildman–Crippen LogP) is 2.59. The van der Waals surface area contributed by atoms with Gasteiger partial charge in [0, 0.05) is 23.1 Å². The maximum absolute atomic E-state index is 11.0. The van der Waals surface area contributed by atoms with Gasteiger partial charge in [-0.05, 0) is 31.9 Å². The van der Waals surface area contributed by atoms with Gasteiger partial charge in [0.05, 0.1) is 6.42 Å². The molecule has 0 atom stereocenters. The third kappa shape index (κ3) is 2.96. The van der Waals surface area contributed by atoms with E-state index in [2.05, 4.69) is 10.3 Å². The predicted molar refractivity (Wildman–Crippen MR) is 66.0 cm³/mol. The third-order valence-corrected chi connectivity index (χ3v) is 3.36. The van der Waals surface area contributed by atoms with E-state index in [1.54, 1.807) is 6.20 Å². The summed E-state index contributed by atoms with van der Waals surface area (Å²) >= 11 is 0. The molecule has 92 valence electrons. The van der Waals surface area contributed by atoms with Gasteiger partial charge in [-0.1, -0.05) is 12.8 Å². The molecule has 2 N–H and O–H groups in total. The second kappa shape index (κ2) is 4.73. The monoisotopic (exact) mass is 234 g/mol. The molecule has 1 aliphatic carbocycles. The molecule has 4 heteroatoms. The molecule has 0 spiro atoms. The summed E-state index contributed by atoms with van der Waals surface area (Å²) in [7, 11) is 0. The Morgan fingerprint density at radius 1 is 1.53 bits per heavy atom. The van der Waals surface area contributed by atoms with Crippen molar-refractivity contribution in [1.82, 2.24) is 4.98 Å². The topological polar surface area (TPSA) is 62.2 Å². The maximum Gasteiger partial charge on any atom is 0.305 e. The Morgan fingerprint density at radius 3 is 2.82 bits per heavy atom. The molecule has 1 aliphatic rings. The Morgan fingerprint density at radius 2 is 2.24 bits per heavy atom. The molecule has 1 saturated carbocycles. The largest absolute Gasteiger partial charge is 0.481 e. The number of carboxylic acid groups (broad SMARTS) is 1. The van der Waals surface area contributed by atoms with Crippen LogP contribution in [0.5, 0.6) is 0 Å². The first kappa shape index (κ1) is 11.9. The molecule has 2 rings (SSSR count). The van der Waals surface area contributed by atoms with Crippen LogP contribution < -0.4 is 5.32 Å². The Kier molecular flexibility index (Phi) is 3.31. The summed E-state index contributed by atoms with van der Waals surface area (Å²) in [4.78, 5) is 15.1. The molecule has 0 aromatic carbocycles. The second-order valence-electron chi connectivity index (χ2n) is 4.87. The summed E-state index contributed by atoms with van der Waals surface area (Å²) in [6, 6.07) is 3.86. The smallest absolute Gasteiger partial charge is 0.305 e. The highest BCUT2D eigenvalue weighted by Crippen LogP contribution is 2.35. The fraction of sp³-hybridized carbons (Fsp3) is 0.538. The number of aliphatic carboxylic acids is 1. The summed E-state index contributed by atoms with van der Waals surface area (Å²) in [6.45, 7) is 1.93. The number of nitrogens with zero attached hydrogens (tertiary/aromatic N) is 1. The SMILES string of the molecule is Cc1cc(NC2(CC(=O)O)CCCC2)ccn1. The lowest BCUT2D eigenvalue weighted by molar-refractivity contribution is -0.138. The van der Waals surface area contributed by atoms with E-state index in [0.717, 1.165) is 37.1 Å². The molecule has 0 saturated heterocycles. The van der Waals surface area contributed by atoms with Crippen LogP contribution in [0, 0.1) is 6.92 Å². The number of carbonyl (C=O) groups is 1. The summed E-state index contributed by atoms with van der Waals surface area (Å²) in [5.74, 6) is -0.731. The standard InChI is InChI=1S/C13H18N2O2/c1-10-8-11(4-7-14-10)15-13(9-12(16)17)5-2-3-6-13/h4,7-8H,2-3,5-6,9H2,1H3,(H,14,15)(H,16,17). The number of hydrogen-bond acceptors (Lipinski definition) is 3. The zero-order valence-corrected chi connectivity index (χ0v) is 10.1. The van der Waals surface area contributed by atoms with Gasteiger partial charge in [-0.25, -0.2) is 0 Å². The number of nitrogens with one attached hydrogen (secondary N) is 1. The van der Waals surface area contributed by atoms with Gasteiger partial charge >= 0.3 is 5.97 Å². The molecular weight excluding hydrogens is 216 g/mol. The van der Waals surface area contributed by atoms with Gasteiger partial charge in [-0.15, -0.1) is 0 Å². The van der Waals surface area contributed by atoms with Crippen molar-refractivity contribution in [3.8, 4) is 0 Å². The molecule has 4 nitrogen and oxygen atoms in total. The van der Waals surface area contributed by atoms with Crippen molar-refractivity contribution in [2.45, 2.75) is 44.6 Å². The van der Waals surface area contributed by atoms with E-state index >= 15 is 0 Å². The fourth-order valence-electron chi connectivity index (χ4n) is 2.62. The summed E-state index contributed by atoms with van der Waals surface area (Å²) < 4.78 is 0. The van der Waals surface area contributed by atoms with Crippen LogP contribution in [-0.2, 0) is 4.79 Å². The minimum atomic E-state index is -0.731. The van der Waals surface area contributed by atoms with Crippen LogP contribution in [0.25, 0.3) is 0 Å². The van der Waals surface area contributed by atoms with Gasteiger partial charge in [0.2, 0.25) is 0 Å². The highest BCUT2D eigenvalue weighted by Gasteiger charge is 2.35. The van der Waals surface area contributed by atoms with Crippen LogP contribution in [0.15, 0.2) is 18.3 Å². The third-order valence-electron chi connectivity index (χ3n) is 3.36. The average Bonchev–Trinajstić information content (AvgIpc) is 2.65. The molecule has 1 aromatic rings. The Hall–Kier alpha value is -1.58. The Balaban J connectivity index is 2.15. The van der Waals surface area contributed by atoms with Crippen LogP contribution >= 0.6 is 0 Å². The quantitative estimate of drug-likeness (QED) is 0.840. The number of anilines is 1. The van der Waals surface area contributed by atoms with Crippen LogP contribution in [0.3, 0.4) is 0 Å². The number of rotatable bonds is 4. The summed E-state index contributed by atoms with van der Waals surface area (Å²) in [5, 5.41) is 12.4. The van der Waals surface area contributed by atoms with E-state index < -0.39 is 5.97 Å². The Labute approximate surface area is 101 Å². The molecule has 1 fully saturated rings. The first-order valence-corrected chi connectivity index (χ1v) is 6.02. The van der Waals surface area contributed by atoms with Gasteiger partial charge < -0.3 is 10.4 Å². The van der Waals surface area contributed by atoms with Crippen LogP contribution in [0.1, 0.15) is 37.8 Å². The zero-order valence-electron chi connectivity index (χ0n) is 10.1. The zero-order chi connectivity index (χ0) is 12.3.